The number of hydrogen-bond donors (Lipinski definition) is 1. The molecule has 1 N–H and O–H groups in total. The Kier molecular flexibility index (Phi) is 4.25. The average Bonchev–Trinajstić information content (AvgIpc) is 3.40. The first-order valence-electron chi connectivity index (χ1n) is 9.23. The summed E-state index contributed by atoms with van der Waals surface area (Å²) in [5.74, 6) is 0.933. The van der Waals surface area contributed by atoms with Gasteiger partial charge in [0.15, 0.2) is 0 Å². The Morgan fingerprint density at radius 1 is 1.12 bits per heavy atom. The van der Waals surface area contributed by atoms with Gasteiger partial charge >= 0.3 is 0 Å². The minimum atomic E-state index is -0.270. The summed E-state index contributed by atoms with van der Waals surface area (Å²) in [6.45, 7) is 0.499. The molecule has 3 atom stereocenters. The molecule has 2 amide bonds. The van der Waals surface area contributed by atoms with Gasteiger partial charge in [0.05, 0.1) is 0 Å². The van der Waals surface area contributed by atoms with Crippen molar-refractivity contribution < 1.29 is 9.59 Å². The van der Waals surface area contributed by atoms with E-state index in [1.165, 1.54) is 12.8 Å². The van der Waals surface area contributed by atoms with E-state index in [-0.39, 0.29) is 23.8 Å². The number of nitrogens with one attached hydrogen (secondary N) is 1. The van der Waals surface area contributed by atoms with Gasteiger partial charge in [-0.1, -0.05) is 12.8 Å². The monoisotopic (exact) mass is 327 g/mol. The Bertz CT molecular complexity index is 614. The van der Waals surface area contributed by atoms with Crippen LogP contribution in [0.1, 0.15) is 50.5 Å². The summed E-state index contributed by atoms with van der Waals surface area (Å²) < 4.78 is 0. The number of pyridine rings is 1. The van der Waals surface area contributed by atoms with E-state index in [0.29, 0.717) is 18.5 Å². The highest BCUT2D eigenvalue weighted by atomic mass is 16.2. The third-order valence-electron chi connectivity index (χ3n) is 5.79. The van der Waals surface area contributed by atoms with Crippen molar-refractivity contribution >= 4 is 11.8 Å². The van der Waals surface area contributed by atoms with Crippen molar-refractivity contribution in [1.29, 1.82) is 0 Å². The molecule has 0 aromatic carbocycles. The van der Waals surface area contributed by atoms with E-state index >= 15 is 0 Å². The zero-order valence-corrected chi connectivity index (χ0v) is 14.0. The molecule has 1 aromatic heterocycles. The molecule has 0 unspecified atom stereocenters. The Balaban J connectivity index is 1.46. The van der Waals surface area contributed by atoms with E-state index in [1.54, 1.807) is 12.4 Å². The van der Waals surface area contributed by atoms with Crippen LogP contribution in [-0.4, -0.2) is 33.8 Å². The van der Waals surface area contributed by atoms with Crippen LogP contribution >= 0.6 is 0 Å². The highest BCUT2D eigenvalue weighted by Crippen LogP contribution is 2.43. The standard InChI is InChI=1S/C19H25N3O2/c23-18(21-12-13-7-9-20-10-8-13)17-11-15-3-1-2-4-16(15)22(17)19(24)14-5-6-14/h7-10,14-17H,1-6,11-12H2,(H,21,23)/t15-,16-,17-/m0/s1. The first-order valence-corrected chi connectivity index (χ1v) is 9.23. The lowest BCUT2D eigenvalue weighted by Gasteiger charge is -2.33. The van der Waals surface area contributed by atoms with Gasteiger partial charge < -0.3 is 10.2 Å². The second-order valence-corrected chi connectivity index (χ2v) is 7.46. The molecule has 5 heteroatoms. The first kappa shape index (κ1) is 15.6. The van der Waals surface area contributed by atoms with Crippen LogP contribution in [0.25, 0.3) is 0 Å². The number of fused-ring (bicyclic) bond motifs is 1. The lowest BCUT2D eigenvalue weighted by Crippen LogP contribution is -2.50. The fourth-order valence-corrected chi connectivity index (χ4v) is 4.36. The largest absolute Gasteiger partial charge is 0.350 e. The molecular weight excluding hydrogens is 302 g/mol. The summed E-state index contributed by atoms with van der Waals surface area (Å²) in [4.78, 5) is 31.6. The van der Waals surface area contributed by atoms with E-state index in [1.807, 2.05) is 17.0 Å². The number of carbonyl (C=O) groups excluding carboxylic acids is 2. The SMILES string of the molecule is O=C(NCc1ccncc1)[C@@H]1C[C@@H]2CCCC[C@@H]2N1C(=O)C1CC1. The van der Waals surface area contributed by atoms with Gasteiger partial charge in [0.1, 0.15) is 6.04 Å². The fraction of sp³-hybridized carbons (Fsp3) is 0.632. The maximum absolute atomic E-state index is 12.8. The first-order chi connectivity index (χ1) is 11.7. The Hall–Kier alpha value is -1.91. The van der Waals surface area contributed by atoms with Crippen LogP contribution < -0.4 is 5.32 Å². The molecule has 3 aliphatic rings. The molecule has 2 aliphatic carbocycles. The number of hydrogen-bond acceptors (Lipinski definition) is 3. The molecule has 1 saturated heterocycles. The molecule has 24 heavy (non-hydrogen) atoms. The quantitative estimate of drug-likeness (QED) is 0.923. The molecule has 4 rings (SSSR count). The van der Waals surface area contributed by atoms with Crippen LogP contribution in [0, 0.1) is 11.8 Å². The highest BCUT2D eigenvalue weighted by molar-refractivity contribution is 5.90. The smallest absolute Gasteiger partial charge is 0.243 e. The van der Waals surface area contributed by atoms with E-state index in [2.05, 4.69) is 10.3 Å². The number of likely N-dealkylation sites (tertiary alicyclic amines) is 1. The Labute approximate surface area is 142 Å². The summed E-state index contributed by atoms with van der Waals surface area (Å²) >= 11 is 0. The van der Waals surface area contributed by atoms with Crippen LogP contribution in [0.5, 0.6) is 0 Å². The molecule has 0 bridgehead atoms. The molecule has 1 aliphatic heterocycles. The summed E-state index contributed by atoms with van der Waals surface area (Å²) in [6.07, 6.45) is 10.9. The van der Waals surface area contributed by atoms with Crippen molar-refractivity contribution in [1.82, 2.24) is 15.2 Å². The molecule has 2 saturated carbocycles. The number of rotatable bonds is 4. The average molecular weight is 327 g/mol. The third kappa shape index (κ3) is 3.04. The van der Waals surface area contributed by atoms with Crippen molar-refractivity contribution in [3.8, 4) is 0 Å². The summed E-state index contributed by atoms with van der Waals surface area (Å²) in [7, 11) is 0. The molecule has 5 nitrogen and oxygen atoms in total. The third-order valence-corrected chi connectivity index (χ3v) is 5.79. The van der Waals surface area contributed by atoms with Gasteiger partial charge in [0.2, 0.25) is 11.8 Å². The van der Waals surface area contributed by atoms with Crippen LogP contribution in [0.3, 0.4) is 0 Å². The molecule has 1 aromatic rings. The predicted octanol–water partition coefficient (Wildman–Crippen LogP) is 2.27. The summed E-state index contributed by atoms with van der Waals surface area (Å²) in [6, 6.07) is 3.83. The van der Waals surface area contributed by atoms with E-state index in [9.17, 15) is 9.59 Å². The molecule has 0 radical (unpaired) electrons. The molecule has 3 fully saturated rings. The van der Waals surface area contributed by atoms with Crippen LogP contribution in [-0.2, 0) is 16.1 Å². The molecular formula is C19H25N3O2. The molecule has 2 heterocycles. The molecule has 128 valence electrons. The lowest BCUT2D eigenvalue weighted by atomic mass is 9.84. The van der Waals surface area contributed by atoms with Gasteiger partial charge in [0, 0.05) is 30.9 Å². The van der Waals surface area contributed by atoms with Crippen molar-refractivity contribution in [3.05, 3.63) is 30.1 Å². The topological polar surface area (TPSA) is 62.3 Å². The number of nitrogens with zero attached hydrogens (tertiary/aromatic N) is 2. The van der Waals surface area contributed by atoms with Gasteiger partial charge in [-0.3, -0.25) is 14.6 Å². The summed E-state index contributed by atoms with van der Waals surface area (Å²) in [5.41, 5.74) is 1.04. The van der Waals surface area contributed by atoms with Gasteiger partial charge in [-0.05, 0) is 55.7 Å². The van der Waals surface area contributed by atoms with Crippen molar-refractivity contribution in [2.24, 2.45) is 11.8 Å². The van der Waals surface area contributed by atoms with Crippen molar-refractivity contribution in [2.75, 3.05) is 0 Å². The highest BCUT2D eigenvalue weighted by Gasteiger charge is 2.50. The van der Waals surface area contributed by atoms with Crippen LogP contribution in [0.4, 0.5) is 0 Å². The van der Waals surface area contributed by atoms with E-state index < -0.39 is 0 Å². The molecule has 0 spiro atoms. The minimum absolute atomic E-state index is 0.00946. The second-order valence-electron chi connectivity index (χ2n) is 7.46. The number of carbonyl (C=O) groups is 2. The fourth-order valence-electron chi connectivity index (χ4n) is 4.36. The van der Waals surface area contributed by atoms with Gasteiger partial charge in [-0.15, -0.1) is 0 Å². The van der Waals surface area contributed by atoms with Crippen molar-refractivity contribution in [2.45, 2.75) is 63.6 Å². The second kappa shape index (κ2) is 6.54. The lowest BCUT2D eigenvalue weighted by molar-refractivity contribution is -0.142. The number of aromatic nitrogens is 1. The van der Waals surface area contributed by atoms with E-state index in [4.69, 9.17) is 0 Å². The Morgan fingerprint density at radius 3 is 2.62 bits per heavy atom. The van der Waals surface area contributed by atoms with Gasteiger partial charge in [-0.2, -0.15) is 0 Å². The Morgan fingerprint density at radius 2 is 1.88 bits per heavy atom. The van der Waals surface area contributed by atoms with Gasteiger partial charge in [0.25, 0.3) is 0 Å². The summed E-state index contributed by atoms with van der Waals surface area (Å²) in [5, 5.41) is 3.03. The zero-order chi connectivity index (χ0) is 16.5. The van der Waals surface area contributed by atoms with Gasteiger partial charge in [-0.25, -0.2) is 0 Å². The minimum Gasteiger partial charge on any atom is -0.350 e. The maximum atomic E-state index is 12.8. The van der Waals surface area contributed by atoms with Crippen molar-refractivity contribution in [3.63, 3.8) is 0 Å². The predicted molar refractivity (Wildman–Crippen MR) is 89.8 cm³/mol. The normalized spacial score (nSPS) is 29.2. The zero-order valence-electron chi connectivity index (χ0n) is 14.0. The number of amides is 2. The van der Waals surface area contributed by atoms with Crippen LogP contribution in [0.2, 0.25) is 0 Å². The maximum Gasteiger partial charge on any atom is 0.243 e. The van der Waals surface area contributed by atoms with E-state index in [0.717, 1.165) is 37.7 Å². The van der Waals surface area contributed by atoms with Crippen LogP contribution in [0.15, 0.2) is 24.5 Å².